The number of imide groups is 1. The quantitative estimate of drug-likeness (QED) is 0.419. The molecule has 4 heteroatoms. The third-order valence-corrected chi connectivity index (χ3v) is 8.61. The largest absolute Gasteiger partial charge is 0.298 e. The molecule has 0 unspecified atom stereocenters. The van der Waals surface area contributed by atoms with Crippen molar-refractivity contribution in [3.8, 4) is 0 Å². The molecule has 4 nitrogen and oxygen atoms in total. The van der Waals surface area contributed by atoms with E-state index in [2.05, 4.69) is 6.92 Å². The number of allylic oxidation sites excluding steroid dienone is 2. The smallest absolute Gasteiger partial charge is 0.239 e. The zero-order valence-electron chi connectivity index (χ0n) is 20.8. The van der Waals surface area contributed by atoms with E-state index in [0.717, 1.165) is 34.3 Å². The van der Waals surface area contributed by atoms with Crippen LogP contribution in [0.3, 0.4) is 0 Å². The summed E-state index contributed by atoms with van der Waals surface area (Å²) in [4.78, 5) is 44.3. The van der Waals surface area contributed by atoms with Crippen LogP contribution in [0.2, 0.25) is 0 Å². The van der Waals surface area contributed by atoms with Crippen molar-refractivity contribution in [2.45, 2.75) is 33.6 Å². The third kappa shape index (κ3) is 2.67. The van der Waals surface area contributed by atoms with Crippen LogP contribution in [-0.2, 0) is 14.4 Å². The van der Waals surface area contributed by atoms with E-state index in [1.807, 2.05) is 98.8 Å². The Morgan fingerprint density at radius 2 is 1.25 bits per heavy atom. The Bertz CT molecular complexity index is 1420. The number of ketones is 1. The zero-order valence-corrected chi connectivity index (χ0v) is 20.8. The van der Waals surface area contributed by atoms with Gasteiger partial charge in [-0.3, -0.25) is 14.4 Å². The monoisotopic (exact) mass is 475 g/mol. The summed E-state index contributed by atoms with van der Waals surface area (Å²) in [6.45, 7) is 5.94. The molecule has 2 fully saturated rings. The topological polar surface area (TPSA) is 54.5 Å². The maximum atomic E-state index is 14.6. The first-order chi connectivity index (χ1) is 17.4. The summed E-state index contributed by atoms with van der Waals surface area (Å²) < 4.78 is 0. The summed E-state index contributed by atoms with van der Waals surface area (Å²) in [5, 5.41) is 0. The first-order valence-corrected chi connectivity index (χ1v) is 12.7. The van der Waals surface area contributed by atoms with Crippen LogP contribution in [0, 0.1) is 29.6 Å². The standard InChI is InChI=1S/C32H29NO3/c1-4-19-32-25(22-13-9-6-10-14-22)24(21-11-7-5-8-12-21)31(3,30(32)36)26-27(32)29(35)33(28(26)34)23-17-15-20(2)16-18-23/h5-18,26-27H,4,19H2,1-3H3/t26-,27+,31-,32+/m0/s1. The molecule has 36 heavy (non-hydrogen) atoms. The molecule has 3 aromatic carbocycles. The average Bonchev–Trinajstić information content (AvgIpc) is 3.36. The van der Waals surface area contributed by atoms with Crippen LogP contribution in [-0.4, -0.2) is 17.6 Å². The second-order valence-corrected chi connectivity index (χ2v) is 10.5. The molecule has 0 aromatic heterocycles. The van der Waals surface area contributed by atoms with Crippen molar-refractivity contribution in [2.24, 2.45) is 22.7 Å². The molecule has 180 valence electrons. The van der Waals surface area contributed by atoms with Gasteiger partial charge in [-0.25, -0.2) is 4.90 Å². The van der Waals surface area contributed by atoms with E-state index in [-0.39, 0.29) is 17.6 Å². The van der Waals surface area contributed by atoms with E-state index in [4.69, 9.17) is 0 Å². The lowest BCUT2D eigenvalue weighted by molar-refractivity contribution is -0.134. The van der Waals surface area contributed by atoms with E-state index in [1.54, 1.807) is 0 Å². The molecule has 1 saturated carbocycles. The number of Topliss-reactive ketones (excluding diaryl/α,β-unsaturated/α-hetero) is 1. The number of fused-ring (bicyclic) bond motifs is 5. The molecule has 3 aliphatic rings. The highest BCUT2D eigenvalue weighted by Crippen LogP contribution is 2.74. The molecule has 6 rings (SSSR count). The van der Waals surface area contributed by atoms with Gasteiger partial charge in [0, 0.05) is 0 Å². The predicted octanol–water partition coefficient (Wildman–Crippen LogP) is 6.10. The highest BCUT2D eigenvalue weighted by atomic mass is 16.2. The number of carbonyl (C=O) groups is 3. The van der Waals surface area contributed by atoms with Crippen molar-refractivity contribution in [1.82, 2.24) is 0 Å². The SMILES string of the molecule is CCC[C@@]12C(=O)[C@@](C)(C(c3ccccc3)=C1c1ccccc1)[C@@H]1C(=O)N(c3ccc(C)cc3)C(=O)[C@@H]12. The number of amides is 2. The van der Waals surface area contributed by atoms with Gasteiger partial charge in [-0.05, 0) is 54.7 Å². The fourth-order valence-electron chi connectivity index (χ4n) is 7.31. The van der Waals surface area contributed by atoms with E-state index >= 15 is 0 Å². The minimum atomic E-state index is -1.08. The van der Waals surface area contributed by atoms with Gasteiger partial charge < -0.3 is 0 Å². The Morgan fingerprint density at radius 1 is 0.722 bits per heavy atom. The van der Waals surface area contributed by atoms with Crippen molar-refractivity contribution in [1.29, 1.82) is 0 Å². The number of rotatable bonds is 5. The van der Waals surface area contributed by atoms with Crippen LogP contribution < -0.4 is 4.90 Å². The second-order valence-electron chi connectivity index (χ2n) is 10.5. The van der Waals surface area contributed by atoms with Crippen LogP contribution in [0.4, 0.5) is 5.69 Å². The number of carbonyl (C=O) groups excluding carboxylic acids is 3. The summed E-state index contributed by atoms with van der Waals surface area (Å²) in [6.07, 6.45) is 1.26. The second kappa shape index (κ2) is 7.86. The van der Waals surface area contributed by atoms with E-state index < -0.39 is 22.7 Å². The van der Waals surface area contributed by atoms with Crippen LogP contribution in [0.1, 0.15) is 43.4 Å². The van der Waals surface area contributed by atoms with Crippen LogP contribution >= 0.6 is 0 Å². The van der Waals surface area contributed by atoms with Gasteiger partial charge in [-0.15, -0.1) is 0 Å². The molecular weight excluding hydrogens is 446 g/mol. The van der Waals surface area contributed by atoms with Crippen LogP contribution in [0.25, 0.3) is 11.1 Å². The molecule has 2 amide bonds. The molecule has 0 spiro atoms. The summed E-state index contributed by atoms with van der Waals surface area (Å²) >= 11 is 0. The minimum absolute atomic E-state index is 0.0230. The Balaban J connectivity index is 1.65. The molecule has 1 heterocycles. The van der Waals surface area contributed by atoms with Crippen molar-refractivity contribution < 1.29 is 14.4 Å². The van der Waals surface area contributed by atoms with Gasteiger partial charge in [0.1, 0.15) is 0 Å². The molecule has 2 aliphatic carbocycles. The summed E-state index contributed by atoms with van der Waals surface area (Å²) in [7, 11) is 0. The summed E-state index contributed by atoms with van der Waals surface area (Å²) in [5.41, 5.74) is 3.24. The number of anilines is 1. The Kier molecular flexibility index (Phi) is 4.95. The first kappa shape index (κ1) is 22.7. The first-order valence-electron chi connectivity index (χ1n) is 12.7. The highest BCUT2D eigenvalue weighted by Gasteiger charge is 2.79. The summed E-state index contributed by atoms with van der Waals surface area (Å²) in [6, 6.07) is 27.4. The minimum Gasteiger partial charge on any atom is -0.298 e. The molecule has 1 aliphatic heterocycles. The van der Waals surface area contributed by atoms with Crippen molar-refractivity contribution >= 4 is 34.4 Å². The van der Waals surface area contributed by atoms with Gasteiger partial charge in [-0.1, -0.05) is 91.7 Å². The molecule has 0 radical (unpaired) electrons. The molecule has 3 aromatic rings. The Labute approximate surface area is 211 Å². The van der Waals surface area contributed by atoms with Gasteiger partial charge in [0.2, 0.25) is 11.8 Å². The van der Waals surface area contributed by atoms with Crippen molar-refractivity contribution in [3.63, 3.8) is 0 Å². The van der Waals surface area contributed by atoms with Gasteiger partial charge in [0.15, 0.2) is 5.78 Å². The fourth-order valence-corrected chi connectivity index (χ4v) is 7.31. The zero-order chi connectivity index (χ0) is 25.2. The molecular formula is C32H29NO3. The number of aryl methyl sites for hydroxylation is 1. The lowest BCUT2D eigenvalue weighted by Gasteiger charge is -2.37. The lowest BCUT2D eigenvalue weighted by atomic mass is 9.61. The van der Waals surface area contributed by atoms with Gasteiger partial charge in [0.05, 0.1) is 28.4 Å². The number of benzene rings is 3. The van der Waals surface area contributed by atoms with Gasteiger partial charge in [0.25, 0.3) is 0 Å². The van der Waals surface area contributed by atoms with Gasteiger partial charge >= 0.3 is 0 Å². The maximum absolute atomic E-state index is 14.6. The number of hydrogen-bond acceptors (Lipinski definition) is 3. The fraction of sp³-hybridized carbons (Fsp3) is 0.281. The van der Waals surface area contributed by atoms with Crippen molar-refractivity contribution in [3.05, 3.63) is 102 Å². The number of nitrogens with zero attached hydrogens (tertiary/aromatic N) is 1. The van der Waals surface area contributed by atoms with E-state index in [1.165, 1.54) is 4.90 Å². The highest BCUT2D eigenvalue weighted by molar-refractivity contribution is 6.34. The van der Waals surface area contributed by atoms with Crippen LogP contribution in [0.5, 0.6) is 0 Å². The Morgan fingerprint density at radius 3 is 1.81 bits per heavy atom. The lowest BCUT2D eigenvalue weighted by Crippen LogP contribution is -2.41. The molecule has 4 atom stereocenters. The predicted molar refractivity (Wildman–Crippen MR) is 141 cm³/mol. The van der Waals surface area contributed by atoms with Gasteiger partial charge in [-0.2, -0.15) is 0 Å². The van der Waals surface area contributed by atoms with E-state index in [9.17, 15) is 14.4 Å². The Hall–Kier alpha value is -3.79. The normalized spacial score (nSPS) is 28.9. The molecule has 0 N–H and O–H groups in total. The average molecular weight is 476 g/mol. The van der Waals surface area contributed by atoms with E-state index in [0.29, 0.717) is 12.1 Å². The van der Waals surface area contributed by atoms with Crippen molar-refractivity contribution in [2.75, 3.05) is 4.90 Å². The number of hydrogen-bond donors (Lipinski definition) is 0. The summed E-state index contributed by atoms with van der Waals surface area (Å²) in [5.74, 6) is -1.91. The molecule has 1 saturated heterocycles. The third-order valence-electron chi connectivity index (χ3n) is 8.61. The maximum Gasteiger partial charge on any atom is 0.239 e. The molecule has 2 bridgehead atoms. The van der Waals surface area contributed by atoms with Crippen LogP contribution in [0.15, 0.2) is 84.9 Å².